The molecule has 1 N–H and O–H groups in total. The topological polar surface area (TPSA) is 15.3 Å². The van der Waals surface area contributed by atoms with Crippen molar-refractivity contribution in [2.24, 2.45) is 5.92 Å². The van der Waals surface area contributed by atoms with Crippen LogP contribution in [0.2, 0.25) is 0 Å². The van der Waals surface area contributed by atoms with Crippen LogP contribution in [-0.4, -0.2) is 36.6 Å². The molecule has 0 aromatic rings. The largest absolute Gasteiger partial charge is 0.315 e. The van der Waals surface area contributed by atoms with E-state index in [1.165, 1.54) is 25.8 Å². The molecule has 2 fully saturated rings. The molecule has 13 heavy (non-hydrogen) atoms. The lowest BCUT2D eigenvalue weighted by Gasteiger charge is -2.31. The van der Waals surface area contributed by atoms with Crippen molar-refractivity contribution in [2.45, 2.75) is 51.2 Å². The lowest BCUT2D eigenvalue weighted by atomic mass is 9.97. The van der Waals surface area contributed by atoms with Crippen molar-refractivity contribution in [3.05, 3.63) is 0 Å². The Morgan fingerprint density at radius 1 is 1.23 bits per heavy atom. The van der Waals surface area contributed by atoms with Crippen LogP contribution in [0.4, 0.5) is 0 Å². The molecule has 2 aliphatic rings. The minimum absolute atomic E-state index is 0.737. The molecule has 0 spiro atoms. The zero-order valence-corrected chi connectivity index (χ0v) is 9.09. The van der Waals surface area contributed by atoms with Gasteiger partial charge in [0.05, 0.1) is 0 Å². The first-order chi connectivity index (χ1) is 6.24. The maximum atomic E-state index is 3.47. The number of hydrogen-bond donors (Lipinski definition) is 1. The van der Waals surface area contributed by atoms with Gasteiger partial charge in [0.2, 0.25) is 0 Å². The van der Waals surface area contributed by atoms with Gasteiger partial charge < -0.3 is 5.32 Å². The van der Waals surface area contributed by atoms with Gasteiger partial charge in [0.1, 0.15) is 0 Å². The number of likely N-dealkylation sites (tertiary alicyclic amines) is 1. The van der Waals surface area contributed by atoms with Crippen LogP contribution in [0.3, 0.4) is 0 Å². The van der Waals surface area contributed by atoms with E-state index in [9.17, 15) is 0 Å². The van der Waals surface area contributed by atoms with Crippen LogP contribution < -0.4 is 5.32 Å². The summed E-state index contributed by atoms with van der Waals surface area (Å²) >= 11 is 0. The van der Waals surface area contributed by atoms with Crippen LogP contribution in [0.15, 0.2) is 0 Å². The van der Waals surface area contributed by atoms with E-state index < -0.39 is 0 Å². The number of nitrogens with zero attached hydrogens (tertiary/aromatic N) is 1. The Morgan fingerprint density at radius 3 is 2.38 bits per heavy atom. The maximum Gasteiger partial charge on any atom is 0.0275 e. The molecule has 2 unspecified atom stereocenters. The number of hydrogen-bond acceptors (Lipinski definition) is 2. The first-order valence-electron chi connectivity index (χ1n) is 5.67. The van der Waals surface area contributed by atoms with Gasteiger partial charge in [0.25, 0.3) is 0 Å². The highest BCUT2D eigenvalue weighted by atomic mass is 15.3. The summed E-state index contributed by atoms with van der Waals surface area (Å²) in [5.74, 6) is 0.792. The number of nitrogens with one attached hydrogen (secondary N) is 1. The summed E-state index contributed by atoms with van der Waals surface area (Å²) in [5, 5.41) is 3.47. The van der Waals surface area contributed by atoms with Crippen molar-refractivity contribution < 1.29 is 0 Å². The highest BCUT2D eigenvalue weighted by molar-refractivity contribution is 4.99. The lowest BCUT2D eigenvalue weighted by molar-refractivity contribution is 0.180. The number of likely N-dealkylation sites (N-methyl/N-ethyl adjacent to an activating group) is 1. The van der Waals surface area contributed by atoms with Gasteiger partial charge in [-0.05, 0) is 32.2 Å². The Morgan fingerprint density at radius 2 is 1.92 bits per heavy atom. The van der Waals surface area contributed by atoms with E-state index in [0.29, 0.717) is 0 Å². The molecule has 0 radical (unpaired) electrons. The summed E-state index contributed by atoms with van der Waals surface area (Å²) in [4.78, 5) is 2.74. The van der Waals surface area contributed by atoms with Gasteiger partial charge in [-0.3, -0.25) is 4.90 Å². The third-order valence-corrected chi connectivity index (χ3v) is 3.56. The van der Waals surface area contributed by atoms with E-state index in [-0.39, 0.29) is 0 Å². The molecule has 2 atom stereocenters. The van der Waals surface area contributed by atoms with E-state index in [1.807, 2.05) is 0 Å². The smallest absolute Gasteiger partial charge is 0.0275 e. The fourth-order valence-electron chi connectivity index (χ4n) is 2.83. The standard InChI is InChI=1S/C11H22N2/c1-8(2)11-10(12-3)6-7-13(11)9-4-5-9/h8-12H,4-7H2,1-3H3. The summed E-state index contributed by atoms with van der Waals surface area (Å²) in [7, 11) is 2.11. The zero-order chi connectivity index (χ0) is 9.42. The van der Waals surface area contributed by atoms with E-state index >= 15 is 0 Å². The van der Waals surface area contributed by atoms with E-state index in [0.717, 1.165) is 24.0 Å². The maximum absolute atomic E-state index is 3.47. The highest BCUT2D eigenvalue weighted by Crippen LogP contribution is 2.35. The summed E-state index contributed by atoms with van der Waals surface area (Å²) in [6.45, 7) is 6.03. The molecular formula is C11H22N2. The van der Waals surface area contributed by atoms with Crippen LogP contribution in [0.1, 0.15) is 33.1 Å². The van der Waals surface area contributed by atoms with E-state index in [2.05, 4.69) is 31.1 Å². The van der Waals surface area contributed by atoms with E-state index in [1.54, 1.807) is 0 Å². The van der Waals surface area contributed by atoms with Gasteiger partial charge in [-0.25, -0.2) is 0 Å². The van der Waals surface area contributed by atoms with Crippen molar-refractivity contribution in [3.8, 4) is 0 Å². The molecule has 2 heteroatoms. The zero-order valence-electron chi connectivity index (χ0n) is 9.09. The average molecular weight is 182 g/mol. The SMILES string of the molecule is CNC1CCN(C2CC2)C1C(C)C. The normalized spacial score (nSPS) is 36.0. The third-order valence-electron chi connectivity index (χ3n) is 3.56. The van der Waals surface area contributed by atoms with Gasteiger partial charge >= 0.3 is 0 Å². The summed E-state index contributed by atoms with van der Waals surface area (Å²) in [5.41, 5.74) is 0. The monoisotopic (exact) mass is 182 g/mol. The minimum Gasteiger partial charge on any atom is -0.315 e. The Balaban J connectivity index is 2.03. The first kappa shape index (κ1) is 9.47. The molecule has 0 amide bonds. The van der Waals surface area contributed by atoms with Crippen LogP contribution in [0.25, 0.3) is 0 Å². The summed E-state index contributed by atoms with van der Waals surface area (Å²) in [6, 6.07) is 2.46. The molecule has 0 bridgehead atoms. The Bertz CT molecular complexity index is 175. The molecule has 2 rings (SSSR count). The van der Waals surface area contributed by atoms with Crippen molar-refractivity contribution in [1.82, 2.24) is 10.2 Å². The molecular weight excluding hydrogens is 160 g/mol. The predicted molar refractivity (Wildman–Crippen MR) is 55.8 cm³/mol. The molecule has 1 heterocycles. The molecule has 1 aliphatic carbocycles. The molecule has 1 saturated heterocycles. The molecule has 1 saturated carbocycles. The van der Waals surface area contributed by atoms with Gasteiger partial charge in [-0.1, -0.05) is 13.8 Å². The third kappa shape index (κ3) is 1.75. The molecule has 0 aromatic carbocycles. The summed E-state index contributed by atoms with van der Waals surface area (Å²) in [6.07, 6.45) is 4.23. The fraction of sp³-hybridized carbons (Fsp3) is 1.00. The fourth-order valence-corrected chi connectivity index (χ4v) is 2.83. The van der Waals surface area contributed by atoms with Crippen molar-refractivity contribution >= 4 is 0 Å². The molecule has 76 valence electrons. The van der Waals surface area contributed by atoms with Crippen molar-refractivity contribution in [3.63, 3.8) is 0 Å². The highest BCUT2D eigenvalue weighted by Gasteiger charge is 2.42. The van der Waals surface area contributed by atoms with Crippen LogP contribution >= 0.6 is 0 Å². The molecule has 1 aliphatic heterocycles. The molecule has 2 nitrogen and oxygen atoms in total. The first-order valence-corrected chi connectivity index (χ1v) is 5.67. The summed E-state index contributed by atoms with van der Waals surface area (Å²) < 4.78 is 0. The predicted octanol–water partition coefficient (Wildman–Crippen LogP) is 1.47. The van der Waals surface area contributed by atoms with Crippen LogP contribution in [0, 0.1) is 5.92 Å². The second kappa shape index (κ2) is 3.58. The quantitative estimate of drug-likeness (QED) is 0.711. The lowest BCUT2D eigenvalue weighted by Crippen LogP contribution is -2.45. The van der Waals surface area contributed by atoms with E-state index in [4.69, 9.17) is 0 Å². The van der Waals surface area contributed by atoms with Gasteiger partial charge in [-0.15, -0.1) is 0 Å². The van der Waals surface area contributed by atoms with Gasteiger partial charge in [-0.2, -0.15) is 0 Å². The Kier molecular flexibility index (Phi) is 2.61. The minimum atomic E-state index is 0.737. The van der Waals surface area contributed by atoms with Crippen molar-refractivity contribution in [1.29, 1.82) is 0 Å². The second-order valence-corrected chi connectivity index (χ2v) is 4.89. The second-order valence-electron chi connectivity index (χ2n) is 4.89. The van der Waals surface area contributed by atoms with Crippen LogP contribution in [0.5, 0.6) is 0 Å². The molecule has 0 aromatic heterocycles. The average Bonchev–Trinajstić information content (AvgIpc) is 2.84. The number of rotatable bonds is 3. The Labute approximate surface area is 81.7 Å². The van der Waals surface area contributed by atoms with Crippen molar-refractivity contribution in [2.75, 3.05) is 13.6 Å². The Hall–Kier alpha value is -0.0800. The van der Waals surface area contributed by atoms with Gasteiger partial charge in [0, 0.05) is 24.7 Å². The van der Waals surface area contributed by atoms with Crippen LogP contribution in [-0.2, 0) is 0 Å². The van der Waals surface area contributed by atoms with Gasteiger partial charge in [0.15, 0.2) is 0 Å².